The molecule has 7 rings (SSSR count). The Morgan fingerprint density at radius 2 is 1.74 bits per heavy atom. The molecular weight excluding hydrogens is 822 g/mol. The number of benzene rings is 2. The third-order valence-corrected chi connectivity index (χ3v) is 11.9. The average Bonchev–Trinajstić information content (AvgIpc) is 3.83. The predicted molar refractivity (Wildman–Crippen MR) is 208 cm³/mol. The van der Waals surface area contributed by atoms with E-state index in [0.29, 0.717) is 35.3 Å². The van der Waals surface area contributed by atoms with Crippen molar-refractivity contribution in [2.75, 3.05) is 42.0 Å². The average molecular weight is 861 g/mol. The highest BCUT2D eigenvalue weighted by molar-refractivity contribution is 7.90. The molecule has 2 aromatic carbocycles. The third kappa shape index (κ3) is 10.1. The van der Waals surface area contributed by atoms with Crippen LogP contribution in [0, 0.1) is 18.2 Å². The van der Waals surface area contributed by atoms with Crippen molar-refractivity contribution in [3.05, 3.63) is 75.4 Å². The number of nitrogens with zero attached hydrogens (tertiary/aromatic N) is 3. The first-order chi connectivity index (χ1) is 27.2. The maximum atomic E-state index is 14.7. The Morgan fingerprint density at radius 1 is 1.10 bits per heavy atom. The van der Waals surface area contributed by atoms with E-state index in [1.165, 1.54) is 42.0 Å². The second kappa shape index (κ2) is 17.8. The molecule has 1 aromatic heterocycles. The van der Waals surface area contributed by atoms with Crippen molar-refractivity contribution in [2.45, 2.75) is 61.8 Å². The SMILES string of the molecule is C#CCN1C(=O)COc2cc(F)c(N3C(=O)C4=C(CCCC4)C3=O)cc21.CP(=O)(O)CCC(N)C(=O)O.CS(=O)(=O)c1cc(Cl)ccc1C(=O)c1cnoc1C1CC1. The highest BCUT2D eigenvalue weighted by Gasteiger charge is 2.42. The fourth-order valence-corrected chi connectivity index (χ4v) is 8.20. The molecule has 0 spiro atoms. The molecular formula is C38H39ClFN4O12PS. The van der Waals surface area contributed by atoms with Crippen LogP contribution in [0.1, 0.15) is 72.5 Å². The monoisotopic (exact) mass is 860 g/mol. The van der Waals surface area contributed by atoms with Gasteiger partial charge in [0.25, 0.3) is 17.7 Å². The highest BCUT2D eigenvalue weighted by atomic mass is 35.5. The smallest absolute Gasteiger partial charge is 0.320 e. The summed E-state index contributed by atoms with van der Waals surface area (Å²) >= 11 is 5.84. The number of amides is 3. The van der Waals surface area contributed by atoms with Crippen LogP contribution < -0.4 is 20.3 Å². The molecule has 1 fully saturated rings. The first kappa shape index (κ1) is 43.9. The molecule has 0 bridgehead atoms. The Morgan fingerprint density at radius 3 is 2.29 bits per heavy atom. The normalized spacial score (nSPS) is 17.7. The van der Waals surface area contributed by atoms with Crippen molar-refractivity contribution < 1.29 is 60.6 Å². The highest BCUT2D eigenvalue weighted by Crippen LogP contribution is 2.43. The Labute approximate surface area is 337 Å². The van der Waals surface area contributed by atoms with Gasteiger partial charge in [0.2, 0.25) is 0 Å². The lowest BCUT2D eigenvalue weighted by Gasteiger charge is -2.29. The lowest BCUT2D eigenvalue weighted by Crippen LogP contribution is -2.39. The van der Waals surface area contributed by atoms with Gasteiger partial charge in [0, 0.05) is 52.8 Å². The number of rotatable bonds is 10. The molecule has 2 aliphatic heterocycles. The van der Waals surface area contributed by atoms with Crippen LogP contribution in [0.15, 0.2) is 57.1 Å². The number of nitrogens with two attached hydrogens (primary N) is 1. The van der Waals surface area contributed by atoms with Crippen LogP contribution in [0.5, 0.6) is 5.75 Å². The summed E-state index contributed by atoms with van der Waals surface area (Å²) in [6.45, 7) is 0.920. The van der Waals surface area contributed by atoms with Gasteiger partial charge in [-0.1, -0.05) is 22.7 Å². The lowest BCUT2D eigenvalue weighted by molar-refractivity contribution is -0.138. The van der Waals surface area contributed by atoms with E-state index in [0.717, 1.165) is 42.9 Å². The van der Waals surface area contributed by atoms with E-state index < -0.39 is 52.6 Å². The van der Waals surface area contributed by atoms with Gasteiger partial charge < -0.3 is 25.0 Å². The summed E-state index contributed by atoms with van der Waals surface area (Å²) in [7, 11) is -6.67. The number of carbonyl (C=O) groups excluding carboxylic acids is 4. The van der Waals surface area contributed by atoms with E-state index >= 15 is 0 Å². The van der Waals surface area contributed by atoms with Gasteiger partial charge in [0.1, 0.15) is 11.8 Å². The second-order valence-electron chi connectivity index (χ2n) is 14.0. The van der Waals surface area contributed by atoms with Crippen molar-refractivity contribution in [1.82, 2.24) is 5.16 Å². The molecule has 0 radical (unpaired) electrons. The number of carbonyl (C=O) groups is 5. The van der Waals surface area contributed by atoms with Gasteiger partial charge in [0.05, 0.1) is 34.6 Å². The van der Waals surface area contributed by atoms with Crippen molar-refractivity contribution in [3.8, 4) is 18.1 Å². The molecule has 2 unspecified atom stereocenters. The van der Waals surface area contributed by atoms with Gasteiger partial charge >= 0.3 is 5.97 Å². The Kier molecular flexibility index (Phi) is 13.4. The molecule has 0 saturated heterocycles. The number of hydrogen-bond acceptors (Lipinski definition) is 12. The number of terminal acetylenes is 1. The summed E-state index contributed by atoms with van der Waals surface area (Å²) in [5.74, 6) is -0.397. The number of carboxylic acids is 1. The van der Waals surface area contributed by atoms with Crippen molar-refractivity contribution >= 4 is 69.7 Å². The van der Waals surface area contributed by atoms with E-state index in [-0.39, 0.29) is 70.2 Å². The van der Waals surface area contributed by atoms with Gasteiger partial charge in [-0.25, -0.2) is 17.7 Å². The molecule has 308 valence electrons. The molecule has 58 heavy (non-hydrogen) atoms. The van der Waals surface area contributed by atoms with E-state index in [1.54, 1.807) is 0 Å². The van der Waals surface area contributed by atoms with Gasteiger partial charge in [0.15, 0.2) is 41.2 Å². The molecule has 2 aliphatic carbocycles. The number of ketones is 1. The zero-order chi connectivity index (χ0) is 42.7. The van der Waals surface area contributed by atoms with Crippen LogP contribution in [0.4, 0.5) is 15.8 Å². The Hall–Kier alpha value is -5.18. The minimum Gasteiger partial charge on any atom is -0.481 e. The third-order valence-electron chi connectivity index (χ3n) is 9.40. The molecule has 4 N–H and O–H groups in total. The fraction of sp³-hybridized carbons (Fsp3) is 0.368. The maximum absolute atomic E-state index is 14.7. The quantitative estimate of drug-likeness (QED) is 0.110. The van der Waals surface area contributed by atoms with Gasteiger partial charge in [-0.2, -0.15) is 0 Å². The largest absolute Gasteiger partial charge is 0.481 e. The minimum atomic E-state index is -3.57. The summed E-state index contributed by atoms with van der Waals surface area (Å²) in [5, 5.41) is 12.2. The van der Waals surface area contributed by atoms with Crippen molar-refractivity contribution in [1.29, 1.82) is 0 Å². The van der Waals surface area contributed by atoms with Crippen LogP contribution >= 0.6 is 19.0 Å². The number of ether oxygens (including phenoxy) is 1. The minimum absolute atomic E-state index is 0.0170. The van der Waals surface area contributed by atoms with Crippen LogP contribution in [0.25, 0.3) is 0 Å². The predicted octanol–water partition coefficient (Wildman–Crippen LogP) is 4.46. The summed E-state index contributed by atoms with van der Waals surface area (Å²) in [6, 6.07) is 5.54. The number of fused-ring (bicyclic) bond motifs is 1. The molecule has 20 heteroatoms. The number of aromatic nitrogens is 1. The maximum Gasteiger partial charge on any atom is 0.320 e. The molecule has 3 amide bonds. The molecule has 1 saturated carbocycles. The summed E-state index contributed by atoms with van der Waals surface area (Å²) in [5.41, 5.74) is 6.50. The van der Waals surface area contributed by atoms with E-state index in [4.69, 9.17) is 43.0 Å². The van der Waals surface area contributed by atoms with Gasteiger partial charge in [-0.05, 0) is 69.2 Å². The molecule has 2 atom stereocenters. The summed E-state index contributed by atoms with van der Waals surface area (Å²) in [6.07, 6.45) is 12.3. The lowest BCUT2D eigenvalue weighted by atomic mass is 9.93. The van der Waals surface area contributed by atoms with Crippen LogP contribution in [0.2, 0.25) is 5.02 Å². The van der Waals surface area contributed by atoms with Gasteiger partial charge in [-0.15, -0.1) is 6.42 Å². The molecule has 4 aliphatic rings. The number of carboxylic acid groups (broad SMARTS) is 1. The number of anilines is 2. The van der Waals surface area contributed by atoms with Crippen LogP contribution in [0.3, 0.4) is 0 Å². The Bertz CT molecular complexity index is 2390. The molecule has 16 nitrogen and oxygen atoms in total. The van der Waals surface area contributed by atoms with Crippen LogP contribution in [-0.2, 0) is 33.6 Å². The van der Waals surface area contributed by atoms with E-state index in [1.807, 2.05) is 0 Å². The zero-order valence-electron chi connectivity index (χ0n) is 31.3. The molecule has 3 aromatic rings. The molecule has 3 heterocycles. The van der Waals surface area contributed by atoms with Crippen molar-refractivity contribution in [2.24, 2.45) is 5.73 Å². The van der Waals surface area contributed by atoms with E-state index in [2.05, 4.69) is 11.1 Å². The standard InChI is InChI=1S/C19H15FN2O4.C14H12ClNO4S.C5H12NO4P/c1-2-7-21-15-9-14(13(20)8-16(15)26-10-17(21)23)22-18(24)11-5-3-4-6-12(11)19(22)25;1-21(18,19)12-6-9(15)4-5-10(12)13(17)11-7-16-20-14(11)8-2-3-8;1-11(9,10)3-2-4(6)5(7)8/h1,8-9H,3-7,10H2;4-8H,2-3H2,1H3;4H,2-3,6H2,1H3,(H,7,8)(H,9,10). The van der Waals surface area contributed by atoms with Gasteiger partial charge in [-0.3, -0.25) is 33.4 Å². The summed E-state index contributed by atoms with van der Waals surface area (Å²) in [4.78, 5) is 71.0. The number of sulfone groups is 1. The first-order valence-electron chi connectivity index (χ1n) is 17.8. The van der Waals surface area contributed by atoms with Crippen LogP contribution in [-0.4, -0.2) is 91.3 Å². The number of aliphatic carboxylic acids is 1. The number of halogens is 2. The topological polar surface area (TPSA) is 245 Å². The summed E-state index contributed by atoms with van der Waals surface area (Å²) < 4.78 is 59.4. The Balaban J connectivity index is 0.000000180. The number of imide groups is 1. The first-order valence-corrected chi connectivity index (χ1v) is 22.4. The zero-order valence-corrected chi connectivity index (χ0v) is 33.7. The van der Waals surface area contributed by atoms with E-state index in [9.17, 15) is 41.3 Å². The number of hydrogen-bond donors (Lipinski definition) is 3. The fourth-order valence-electron chi connectivity index (χ4n) is 6.30. The second-order valence-corrected chi connectivity index (χ2v) is 19.0. The van der Waals surface area contributed by atoms with Crippen molar-refractivity contribution in [3.63, 3.8) is 0 Å².